The smallest absolute Gasteiger partial charge is 0.242 e. The van der Waals surface area contributed by atoms with Crippen LogP contribution in [-0.2, 0) is 26.2 Å². The lowest BCUT2D eigenvalue weighted by atomic mass is 9.51. The maximum absolute atomic E-state index is 15.1. The number of benzene rings is 2. The van der Waals surface area contributed by atoms with Gasteiger partial charge in [0.1, 0.15) is 11.5 Å². The number of likely N-dealkylation sites (tertiary alicyclic amines) is 1. The Morgan fingerprint density at radius 2 is 1.77 bits per heavy atom. The van der Waals surface area contributed by atoms with Crippen molar-refractivity contribution >= 4 is 62.5 Å². The number of imide groups is 2. The molecule has 4 aromatic rings. The van der Waals surface area contributed by atoms with E-state index in [0.717, 1.165) is 58.2 Å². The van der Waals surface area contributed by atoms with E-state index in [0.29, 0.717) is 28.5 Å². The van der Waals surface area contributed by atoms with Crippen molar-refractivity contribution in [2.75, 3.05) is 12.0 Å². The van der Waals surface area contributed by atoms with Gasteiger partial charge < -0.3 is 9.84 Å². The molecule has 4 heterocycles. The average Bonchev–Trinajstić information content (AvgIpc) is 3.82. The molecule has 0 spiro atoms. The number of rotatable bonds is 5. The number of aromatic nitrogens is 2. The van der Waals surface area contributed by atoms with Crippen LogP contribution in [0, 0.1) is 36.0 Å². The molecule has 0 radical (unpaired) electrons. The van der Waals surface area contributed by atoms with Crippen molar-refractivity contribution in [3.8, 4) is 22.1 Å². The SMILES string of the molecule is COc1cccc([C@H]2C3=CC[C@@H]4C(=O)N(C5CCCCC5)C(=O)[C@@H]4[C@@H]3C[C@H]3C(=O)N(c4cc(-c5sc6ccc(Cl)cc6c5C)nn4C)C(=O)[C@@]23C)c1O. The van der Waals surface area contributed by atoms with E-state index in [4.69, 9.17) is 21.4 Å². The number of carbonyl (C=O) groups excluding carboxylic acids is 4. The summed E-state index contributed by atoms with van der Waals surface area (Å²) in [6.45, 7) is 3.83. The number of fused-ring (bicyclic) bond motifs is 5. The Kier molecular flexibility index (Phi) is 7.95. The van der Waals surface area contributed by atoms with Gasteiger partial charge in [0.05, 0.1) is 35.2 Å². The van der Waals surface area contributed by atoms with E-state index in [1.165, 1.54) is 12.0 Å². The second-order valence-electron chi connectivity index (χ2n) is 15.6. The molecule has 9 rings (SSSR count). The van der Waals surface area contributed by atoms with Crippen molar-refractivity contribution in [1.29, 1.82) is 0 Å². The summed E-state index contributed by atoms with van der Waals surface area (Å²) in [4.78, 5) is 62.2. The Balaban J connectivity index is 1.16. The number of aryl methyl sites for hydroxylation is 2. The second-order valence-corrected chi connectivity index (χ2v) is 17.1. The van der Waals surface area contributed by atoms with E-state index in [9.17, 15) is 19.5 Å². The van der Waals surface area contributed by atoms with Crippen LogP contribution in [0.2, 0.25) is 5.02 Å². The molecule has 4 fully saturated rings. The van der Waals surface area contributed by atoms with E-state index in [1.807, 2.05) is 38.1 Å². The fourth-order valence-electron chi connectivity index (χ4n) is 10.5. The number of hydrogen-bond acceptors (Lipinski definition) is 8. The standard InChI is InChI=1S/C41H41ClN4O6S/c1-20-26-17-21(42)13-16-31(26)53-36(20)29-19-32(44(3)43-29)46-38(49)28-18-27-23(34(41(28,2)40(46)51)25-11-8-12-30(52-4)35(25)47)14-15-24-33(27)39(50)45(37(24)48)22-9-6-5-7-10-22/h8,11-14,16-17,19,22,24,27-28,33-34,47H,5-7,9-10,15,18H2,1-4H3/t24-,27+,28-,33-,34+,41+/m0/s1. The molecule has 2 saturated carbocycles. The Morgan fingerprint density at radius 3 is 2.53 bits per heavy atom. The first kappa shape index (κ1) is 34.3. The summed E-state index contributed by atoms with van der Waals surface area (Å²) in [7, 11) is 3.20. The molecule has 0 unspecified atom stereocenters. The highest BCUT2D eigenvalue weighted by molar-refractivity contribution is 7.22. The molecular weight excluding hydrogens is 712 g/mol. The van der Waals surface area contributed by atoms with Crippen LogP contribution in [0.1, 0.15) is 68.9 Å². The van der Waals surface area contributed by atoms with Gasteiger partial charge in [-0.1, -0.05) is 54.6 Å². The lowest BCUT2D eigenvalue weighted by molar-refractivity contribution is -0.144. The lowest BCUT2D eigenvalue weighted by Crippen LogP contribution is -2.49. The van der Waals surface area contributed by atoms with Crippen molar-refractivity contribution in [1.82, 2.24) is 14.7 Å². The molecular formula is C41H41ClN4O6S. The Morgan fingerprint density at radius 1 is 1.00 bits per heavy atom. The molecule has 6 atom stereocenters. The number of hydrogen-bond donors (Lipinski definition) is 1. The van der Waals surface area contributed by atoms with Gasteiger partial charge >= 0.3 is 0 Å². The van der Waals surface area contributed by atoms with Crippen LogP contribution >= 0.6 is 22.9 Å². The number of aromatic hydroxyl groups is 1. The molecule has 53 heavy (non-hydrogen) atoms. The number of amides is 4. The minimum Gasteiger partial charge on any atom is -0.504 e. The molecule has 1 N–H and O–H groups in total. The van der Waals surface area contributed by atoms with E-state index < -0.39 is 40.9 Å². The quantitative estimate of drug-likeness (QED) is 0.165. The molecule has 10 nitrogen and oxygen atoms in total. The number of nitrogens with zero attached hydrogens (tertiary/aromatic N) is 4. The summed E-state index contributed by atoms with van der Waals surface area (Å²) >= 11 is 7.89. The van der Waals surface area contributed by atoms with Crippen LogP contribution in [0.15, 0.2) is 54.1 Å². The Labute approximate surface area is 316 Å². The summed E-state index contributed by atoms with van der Waals surface area (Å²) in [6, 6.07) is 12.6. The normalized spacial score (nSPS) is 28.8. The highest BCUT2D eigenvalue weighted by Gasteiger charge is 2.68. The largest absolute Gasteiger partial charge is 0.504 e. The maximum atomic E-state index is 15.1. The molecule has 274 valence electrons. The first-order chi connectivity index (χ1) is 25.4. The first-order valence-corrected chi connectivity index (χ1v) is 19.7. The average molecular weight is 753 g/mol. The van der Waals surface area contributed by atoms with Gasteiger partial charge in [0.15, 0.2) is 11.5 Å². The number of methoxy groups -OCH3 is 1. The van der Waals surface area contributed by atoms with Crippen LogP contribution in [0.3, 0.4) is 0 Å². The fourth-order valence-corrected chi connectivity index (χ4v) is 11.8. The van der Waals surface area contributed by atoms with Crippen molar-refractivity contribution in [3.05, 3.63) is 70.3 Å². The number of ether oxygens (including phenoxy) is 1. The van der Waals surface area contributed by atoms with Crippen molar-refractivity contribution in [2.45, 2.75) is 70.8 Å². The molecule has 5 aliphatic rings. The third-order valence-electron chi connectivity index (χ3n) is 13.0. The van der Waals surface area contributed by atoms with Crippen LogP contribution in [0.4, 0.5) is 5.82 Å². The number of para-hydroxylation sites is 1. The van der Waals surface area contributed by atoms with Gasteiger partial charge in [-0.3, -0.25) is 28.8 Å². The number of thiophene rings is 1. The minimum atomic E-state index is -1.32. The van der Waals surface area contributed by atoms with Crippen molar-refractivity contribution in [2.24, 2.45) is 36.1 Å². The highest BCUT2D eigenvalue weighted by atomic mass is 35.5. The predicted octanol–water partition coefficient (Wildman–Crippen LogP) is 7.54. The number of carbonyl (C=O) groups is 4. The zero-order valence-electron chi connectivity index (χ0n) is 30.1. The van der Waals surface area contributed by atoms with E-state index >= 15 is 4.79 Å². The summed E-state index contributed by atoms with van der Waals surface area (Å²) in [5.74, 6) is -3.74. The van der Waals surface area contributed by atoms with Crippen LogP contribution in [0.25, 0.3) is 20.7 Å². The zero-order chi connectivity index (χ0) is 37.1. The van der Waals surface area contributed by atoms with E-state index in [1.54, 1.807) is 52.2 Å². The molecule has 0 bridgehead atoms. The molecule has 2 aromatic heterocycles. The lowest BCUT2D eigenvalue weighted by Gasteiger charge is -2.49. The summed E-state index contributed by atoms with van der Waals surface area (Å²) in [5.41, 5.74) is 1.61. The third kappa shape index (κ3) is 4.78. The van der Waals surface area contributed by atoms with Crippen molar-refractivity contribution in [3.63, 3.8) is 0 Å². The summed E-state index contributed by atoms with van der Waals surface area (Å²) in [5, 5.41) is 18.1. The maximum Gasteiger partial charge on any atom is 0.242 e. The van der Waals surface area contributed by atoms with Gasteiger partial charge in [0.2, 0.25) is 23.6 Å². The van der Waals surface area contributed by atoms with Crippen molar-refractivity contribution < 1.29 is 29.0 Å². The second kappa shape index (κ2) is 12.3. The van der Waals surface area contributed by atoms with Gasteiger partial charge in [-0.25, -0.2) is 4.90 Å². The van der Waals surface area contributed by atoms with Gasteiger partial charge in [0, 0.05) is 40.4 Å². The molecule has 3 aliphatic carbocycles. The Bertz CT molecular complexity index is 2290. The van der Waals surface area contributed by atoms with Gasteiger partial charge in [-0.05, 0) is 80.7 Å². The zero-order valence-corrected chi connectivity index (χ0v) is 31.7. The van der Waals surface area contributed by atoms with Gasteiger partial charge in [-0.2, -0.15) is 5.10 Å². The predicted molar refractivity (Wildman–Crippen MR) is 202 cm³/mol. The Hall–Kier alpha value is -4.48. The number of phenols is 1. The molecule has 4 amide bonds. The molecule has 2 aromatic carbocycles. The molecule has 2 aliphatic heterocycles. The van der Waals surface area contributed by atoms with Crippen LogP contribution < -0.4 is 9.64 Å². The van der Waals surface area contributed by atoms with Crippen LogP contribution in [0.5, 0.6) is 11.5 Å². The van der Waals surface area contributed by atoms with E-state index in [-0.39, 0.29) is 41.7 Å². The molecule has 12 heteroatoms. The summed E-state index contributed by atoms with van der Waals surface area (Å²) < 4.78 is 8.15. The topological polar surface area (TPSA) is 122 Å². The number of phenolic OH excluding ortho intramolecular Hbond substituents is 1. The van der Waals surface area contributed by atoms with Gasteiger partial charge in [-0.15, -0.1) is 11.3 Å². The van der Waals surface area contributed by atoms with E-state index in [2.05, 4.69) is 0 Å². The first-order valence-electron chi connectivity index (χ1n) is 18.5. The minimum absolute atomic E-state index is 0.101. The third-order valence-corrected chi connectivity index (χ3v) is 14.6. The van der Waals surface area contributed by atoms with Crippen LogP contribution in [-0.4, -0.2) is 56.6 Å². The fraction of sp³-hybridized carbons (Fsp3) is 0.439. The summed E-state index contributed by atoms with van der Waals surface area (Å²) in [6.07, 6.45) is 7.32. The molecule has 2 saturated heterocycles. The highest BCUT2D eigenvalue weighted by Crippen LogP contribution is 2.65. The van der Waals surface area contributed by atoms with Gasteiger partial charge in [0.25, 0.3) is 0 Å². The number of anilines is 1. The number of halogens is 1. The number of allylic oxidation sites excluding steroid dienone is 2. The monoisotopic (exact) mass is 752 g/mol.